The van der Waals surface area contributed by atoms with Gasteiger partial charge in [0.05, 0.1) is 6.54 Å². The van der Waals surface area contributed by atoms with Gasteiger partial charge in [-0.2, -0.15) is 0 Å². The van der Waals surface area contributed by atoms with Gasteiger partial charge in [0.1, 0.15) is 13.2 Å². The van der Waals surface area contributed by atoms with Crippen molar-refractivity contribution in [2.75, 3.05) is 51.3 Å². The summed E-state index contributed by atoms with van der Waals surface area (Å²) in [6, 6.07) is 10.4. The van der Waals surface area contributed by atoms with Gasteiger partial charge in [-0.15, -0.1) is 0 Å². The summed E-state index contributed by atoms with van der Waals surface area (Å²) in [4.78, 5) is 29.2. The highest BCUT2D eigenvalue weighted by atomic mass is 16.6. The molecule has 0 radical (unpaired) electrons. The average molecular weight is 317 g/mol. The highest BCUT2D eigenvalue weighted by Crippen LogP contribution is 2.23. The molecule has 0 aromatic heterocycles. The Hall–Kier alpha value is -2.24. The maximum atomic E-state index is 12.2. The summed E-state index contributed by atoms with van der Waals surface area (Å²) in [5, 5.41) is 0. The van der Waals surface area contributed by atoms with Gasteiger partial charge < -0.3 is 14.5 Å². The summed E-state index contributed by atoms with van der Waals surface area (Å²) in [6.07, 6.45) is 0.695. The Morgan fingerprint density at radius 1 is 1.30 bits per heavy atom. The lowest BCUT2D eigenvalue weighted by molar-refractivity contribution is -0.130. The Labute approximate surface area is 136 Å². The van der Waals surface area contributed by atoms with Crippen molar-refractivity contribution in [1.82, 2.24) is 9.80 Å². The van der Waals surface area contributed by atoms with E-state index in [1.807, 2.05) is 25.2 Å². The van der Waals surface area contributed by atoms with Crippen LogP contribution >= 0.6 is 0 Å². The number of carbonyl (C=O) groups excluding carboxylic acids is 2. The number of nitrogens with zero attached hydrogens (tertiary/aromatic N) is 3. The zero-order valence-corrected chi connectivity index (χ0v) is 13.5. The van der Waals surface area contributed by atoms with Crippen molar-refractivity contribution >= 4 is 17.7 Å². The molecule has 1 atom stereocenters. The van der Waals surface area contributed by atoms with Crippen molar-refractivity contribution < 1.29 is 14.3 Å². The molecule has 1 aromatic rings. The molecular weight excluding hydrogens is 294 g/mol. The molecule has 0 N–H and O–H groups in total. The van der Waals surface area contributed by atoms with Gasteiger partial charge in [0.25, 0.3) is 0 Å². The van der Waals surface area contributed by atoms with Gasteiger partial charge in [-0.3, -0.25) is 9.69 Å². The number of anilines is 1. The van der Waals surface area contributed by atoms with E-state index >= 15 is 0 Å². The van der Waals surface area contributed by atoms with Crippen LogP contribution in [-0.4, -0.2) is 68.2 Å². The number of hydrogen-bond donors (Lipinski definition) is 0. The quantitative estimate of drug-likeness (QED) is 0.824. The Kier molecular flexibility index (Phi) is 4.69. The lowest BCUT2D eigenvalue weighted by Gasteiger charge is -2.24. The van der Waals surface area contributed by atoms with Gasteiger partial charge >= 0.3 is 6.09 Å². The maximum Gasteiger partial charge on any atom is 0.410 e. The summed E-state index contributed by atoms with van der Waals surface area (Å²) < 4.78 is 4.85. The molecule has 2 aliphatic rings. The molecule has 6 nitrogen and oxygen atoms in total. The molecule has 3 rings (SSSR count). The molecule has 1 aromatic carbocycles. The van der Waals surface area contributed by atoms with E-state index in [1.54, 1.807) is 4.90 Å². The van der Waals surface area contributed by atoms with Crippen molar-refractivity contribution in [1.29, 1.82) is 0 Å². The standard InChI is InChI=1S/C17H23N3O3/c1-18(16(21)13-20-9-10-23-17(20)22)11-14-7-8-19(12-14)15-5-3-2-4-6-15/h2-6,14H,7-13H2,1H3/t14-/m0/s1. The maximum absolute atomic E-state index is 12.2. The van der Waals surface area contributed by atoms with Gasteiger partial charge in [-0.25, -0.2) is 4.79 Å². The van der Waals surface area contributed by atoms with Crippen LogP contribution in [-0.2, 0) is 9.53 Å². The third kappa shape index (κ3) is 3.75. The fourth-order valence-corrected chi connectivity index (χ4v) is 3.20. The third-order valence-corrected chi connectivity index (χ3v) is 4.54. The van der Waals surface area contributed by atoms with Crippen LogP contribution in [0.4, 0.5) is 10.5 Å². The van der Waals surface area contributed by atoms with Gasteiger partial charge in [0.15, 0.2) is 0 Å². The van der Waals surface area contributed by atoms with E-state index in [-0.39, 0.29) is 18.5 Å². The lowest BCUT2D eigenvalue weighted by atomic mass is 10.1. The van der Waals surface area contributed by atoms with E-state index in [9.17, 15) is 9.59 Å². The van der Waals surface area contributed by atoms with E-state index in [4.69, 9.17) is 4.74 Å². The predicted molar refractivity (Wildman–Crippen MR) is 87.3 cm³/mol. The molecule has 2 saturated heterocycles. The molecule has 2 amide bonds. The number of likely N-dealkylation sites (N-methyl/N-ethyl adjacent to an activating group) is 1. The molecule has 0 unspecified atom stereocenters. The first-order valence-electron chi connectivity index (χ1n) is 8.09. The number of ether oxygens (including phenoxy) is 1. The van der Waals surface area contributed by atoms with Crippen LogP contribution in [0.5, 0.6) is 0 Å². The number of rotatable bonds is 5. The van der Waals surface area contributed by atoms with Crippen molar-refractivity contribution in [2.24, 2.45) is 5.92 Å². The molecule has 23 heavy (non-hydrogen) atoms. The van der Waals surface area contributed by atoms with Crippen LogP contribution in [0.15, 0.2) is 30.3 Å². The summed E-state index contributed by atoms with van der Waals surface area (Å²) >= 11 is 0. The zero-order valence-electron chi connectivity index (χ0n) is 13.5. The number of carbonyl (C=O) groups is 2. The second-order valence-electron chi connectivity index (χ2n) is 6.25. The van der Waals surface area contributed by atoms with E-state index in [2.05, 4.69) is 17.0 Å². The second-order valence-corrected chi connectivity index (χ2v) is 6.25. The van der Waals surface area contributed by atoms with E-state index in [0.717, 1.165) is 26.1 Å². The second kappa shape index (κ2) is 6.89. The number of hydrogen-bond acceptors (Lipinski definition) is 4. The van der Waals surface area contributed by atoms with Crippen LogP contribution in [0.25, 0.3) is 0 Å². The van der Waals surface area contributed by atoms with Gasteiger partial charge in [-0.1, -0.05) is 18.2 Å². The van der Waals surface area contributed by atoms with E-state index < -0.39 is 0 Å². The first-order valence-corrected chi connectivity index (χ1v) is 8.09. The number of cyclic esters (lactones) is 1. The Balaban J connectivity index is 1.47. The highest BCUT2D eigenvalue weighted by Gasteiger charge is 2.28. The summed E-state index contributed by atoms with van der Waals surface area (Å²) in [5.41, 5.74) is 1.24. The van der Waals surface area contributed by atoms with Crippen LogP contribution in [0.2, 0.25) is 0 Å². The van der Waals surface area contributed by atoms with Gasteiger partial charge in [-0.05, 0) is 24.5 Å². The summed E-state index contributed by atoms with van der Waals surface area (Å²) in [5.74, 6) is 0.441. The van der Waals surface area contributed by atoms with Gasteiger partial charge in [0, 0.05) is 32.4 Å². The lowest BCUT2D eigenvalue weighted by Crippen LogP contribution is -2.41. The topological polar surface area (TPSA) is 53.1 Å². The monoisotopic (exact) mass is 317 g/mol. The minimum absolute atomic E-state index is 0.0259. The fourth-order valence-electron chi connectivity index (χ4n) is 3.20. The predicted octanol–water partition coefficient (Wildman–Crippen LogP) is 1.42. The number of para-hydroxylation sites is 1. The van der Waals surface area contributed by atoms with Crippen LogP contribution < -0.4 is 4.90 Å². The van der Waals surface area contributed by atoms with Crippen LogP contribution in [0.3, 0.4) is 0 Å². The zero-order chi connectivity index (χ0) is 16.2. The molecule has 2 heterocycles. The van der Waals surface area contributed by atoms with Crippen molar-refractivity contribution in [3.63, 3.8) is 0 Å². The van der Waals surface area contributed by atoms with Crippen molar-refractivity contribution in [2.45, 2.75) is 6.42 Å². The van der Waals surface area contributed by atoms with Crippen molar-refractivity contribution in [3.8, 4) is 0 Å². The third-order valence-electron chi connectivity index (χ3n) is 4.54. The fraction of sp³-hybridized carbons (Fsp3) is 0.529. The number of benzene rings is 1. The SMILES string of the molecule is CN(C[C@@H]1CCN(c2ccccc2)C1)C(=O)CN1CCOC1=O. The van der Waals surface area contributed by atoms with Gasteiger partial charge in [0.2, 0.25) is 5.91 Å². The minimum Gasteiger partial charge on any atom is -0.448 e. The Bertz CT molecular complexity index is 563. The molecule has 2 fully saturated rings. The highest BCUT2D eigenvalue weighted by molar-refractivity contribution is 5.82. The number of amides is 2. The smallest absolute Gasteiger partial charge is 0.410 e. The first kappa shape index (κ1) is 15.6. The molecule has 0 bridgehead atoms. The largest absolute Gasteiger partial charge is 0.448 e. The molecule has 2 aliphatic heterocycles. The normalized spacial score (nSPS) is 20.7. The first-order chi connectivity index (χ1) is 11.1. The van der Waals surface area contributed by atoms with E-state index in [0.29, 0.717) is 19.1 Å². The summed E-state index contributed by atoms with van der Waals surface area (Å²) in [7, 11) is 1.81. The Morgan fingerprint density at radius 3 is 2.78 bits per heavy atom. The van der Waals surface area contributed by atoms with E-state index in [1.165, 1.54) is 10.6 Å². The molecular formula is C17H23N3O3. The molecule has 0 spiro atoms. The molecule has 0 aliphatic carbocycles. The molecule has 124 valence electrons. The average Bonchev–Trinajstić information content (AvgIpc) is 3.18. The van der Waals surface area contributed by atoms with Crippen molar-refractivity contribution in [3.05, 3.63) is 30.3 Å². The molecule has 6 heteroatoms. The Morgan fingerprint density at radius 2 is 2.09 bits per heavy atom. The minimum atomic E-state index is -0.386. The molecule has 0 saturated carbocycles. The van der Waals surface area contributed by atoms with Crippen LogP contribution in [0.1, 0.15) is 6.42 Å². The summed E-state index contributed by atoms with van der Waals surface area (Å²) in [6.45, 7) is 3.71. The van der Waals surface area contributed by atoms with Crippen LogP contribution in [0, 0.1) is 5.92 Å².